The van der Waals surface area contributed by atoms with Gasteiger partial charge in [0.05, 0.1) is 5.54 Å². The van der Waals surface area contributed by atoms with Gasteiger partial charge in [-0.05, 0) is 82.0 Å². The second kappa shape index (κ2) is 9.00. The van der Waals surface area contributed by atoms with E-state index in [2.05, 4.69) is 37.1 Å². The molecule has 0 spiro atoms. The maximum Gasteiger partial charge on any atom is 0.266 e. The highest BCUT2D eigenvalue weighted by molar-refractivity contribution is 6.10. The van der Waals surface area contributed by atoms with Crippen molar-refractivity contribution < 1.29 is 9.18 Å². The summed E-state index contributed by atoms with van der Waals surface area (Å²) in [4.78, 5) is 15.0. The van der Waals surface area contributed by atoms with E-state index >= 15 is 4.39 Å². The normalized spacial score (nSPS) is 15.0. The molecule has 32 heavy (non-hydrogen) atoms. The van der Waals surface area contributed by atoms with Gasteiger partial charge in [0.25, 0.3) is 5.91 Å². The summed E-state index contributed by atoms with van der Waals surface area (Å²) in [6.07, 6.45) is 4.44. The first-order chi connectivity index (χ1) is 15.1. The fourth-order valence-corrected chi connectivity index (χ4v) is 4.24. The Morgan fingerprint density at radius 3 is 2.62 bits per heavy atom. The summed E-state index contributed by atoms with van der Waals surface area (Å²) in [5, 5.41) is 12.4. The average Bonchev–Trinajstić information content (AvgIpc) is 2.72. The number of fused-ring (bicyclic) bond motifs is 1. The Morgan fingerprint density at radius 2 is 1.97 bits per heavy atom. The van der Waals surface area contributed by atoms with Gasteiger partial charge in [-0.25, -0.2) is 4.39 Å². The molecule has 1 heterocycles. The van der Waals surface area contributed by atoms with Crippen molar-refractivity contribution in [1.82, 2.24) is 0 Å². The van der Waals surface area contributed by atoms with Crippen LogP contribution in [0.3, 0.4) is 0 Å². The summed E-state index contributed by atoms with van der Waals surface area (Å²) in [5.74, 6) is -1.01. The van der Waals surface area contributed by atoms with Crippen LogP contribution in [0.4, 0.5) is 15.8 Å². The quantitative estimate of drug-likeness (QED) is 0.440. The lowest BCUT2D eigenvalue weighted by Gasteiger charge is -2.43. The Morgan fingerprint density at radius 1 is 1.25 bits per heavy atom. The molecule has 0 saturated carbocycles. The standard InChI is InChI=1S/C27H30FN3O/c1-7-11-31-25-14-23(28)20(13-22(25)18(3)15-27(31,5)6)12-21(16-29)26(32)30-24-10-8-9-17(2)19(24)4/h8-10,12-15H,7,11H2,1-6H3,(H,30,32)/b21-12+. The van der Waals surface area contributed by atoms with Crippen LogP contribution in [0.1, 0.15) is 56.4 Å². The van der Waals surface area contributed by atoms with Crippen LogP contribution in [0.15, 0.2) is 42.0 Å². The van der Waals surface area contributed by atoms with Gasteiger partial charge in [0, 0.05) is 29.0 Å². The molecule has 0 unspecified atom stereocenters. The van der Waals surface area contributed by atoms with E-state index in [9.17, 15) is 10.1 Å². The minimum atomic E-state index is -0.556. The van der Waals surface area contributed by atoms with Gasteiger partial charge in [0.2, 0.25) is 0 Å². The van der Waals surface area contributed by atoms with Crippen LogP contribution in [0, 0.1) is 31.0 Å². The van der Waals surface area contributed by atoms with E-state index in [-0.39, 0.29) is 16.7 Å². The molecule has 0 saturated heterocycles. The lowest BCUT2D eigenvalue weighted by atomic mass is 9.87. The first-order valence-electron chi connectivity index (χ1n) is 10.9. The van der Waals surface area contributed by atoms with Gasteiger partial charge in [-0.3, -0.25) is 4.79 Å². The van der Waals surface area contributed by atoms with E-state index in [1.165, 1.54) is 12.1 Å². The molecule has 0 aliphatic carbocycles. The third kappa shape index (κ3) is 4.45. The number of benzene rings is 2. The van der Waals surface area contributed by atoms with Gasteiger partial charge >= 0.3 is 0 Å². The molecule has 0 aromatic heterocycles. The molecule has 2 aromatic rings. The van der Waals surface area contributed by atoms with Crippen LogP contribution in [0.2, 0.25) is 0 Å². The van der Waals surface area contributed by atoms with E-state index < -0.39 is 11.7 Å². The fourth-order valence-electron chi connectivity index (χ4n) is 4.24. The highest BCUT2D eigenvalue weighted by Crippen LogP contribution is 2.40. The van der Waals surface area contributed by atoms with Crippen molar-refractivity contribution in [3.05, 3.63) is 70.1 Å². The van der Waals surface area contributed by atoms with E-state index in [4.69, 9.17) is 0 Å². The number of rotatable bonds is 5. The van der Waals surface area contributed by atoms with Gasteiger partial charge in [0.1, 0.15) is 17.5 Å². The number of halogens is 1. The number of anilines is 2. The predicted octanol–water partition coefficient (Wildman–Crippen LogP) is 6.40. The molecule has 0 fully saturated rings. The van der Waals surface area contributed by atoms with Crippen molar-refractivity contribution in [3.8, 4) is 6.07 Å². The number of nitrogens with one attached hydrogen (secondary N) is 1. The number of hydrogen-bond donors (Lipinski definition) is 1. The first kappa shape index (κ1) is 23.3. The molecule has 0 bridgehead atoms. The third-order valence-corrected chi connectivity index (χ3v) is 6.06. The van der Waals surface area contributed by atoms with Crippen LogP contribution in [-0.2, 0) is 4.79 Å². The summed E-state index contributed by atoms with van der Waals surface area (Å²) in [6.45, 7) is 13.0. The summed E-state index contributed by atoms with van der Waals surface area (Å²) in [5.41, 5.74) is 5.25. The van der Waals surface area contributed by atoms with Crippen LogP contribution in [0.25, 0.3) is 11.6 Å². The molecular formula is C27H30FN3O. The van der Waals surface area contributed by atoms with Gasteiger partial charge in [-0.2, -0.15) is 5.26 Å². The number of aryl methyl sites for hydroxylation is 1. The maximum absolute atomic E-state index is 15.1. The summed E-state index contributed by atoms with van der Waals surface area (Å²) < 4.78 is 15.1. The Labute approximate surface area is 190 Å². The van der Waals surface area contributed by atoms with Crippen molar-refractivity contribution >= 4 is 28.9 Å². The second-order valence-corrected chi connectivity index (χ2v) is 8.89. The number of hydrogen-bond acceptors (Lipinski definition) is 3. The van der Waals surface area contributed by atoms with Crippen LogP contribution >= 0.6 is 0 Å². The average molecular weight is 432 g/mol. The molecule has 1 aliphatic rings. The SMILES string of the molecule is CCCN1c2cc(F)c(/C=C(\C#N)C(=O)Nc3cccc(C)c3C)cc2C(C)=CC1(C)C. The second-order valence-electron chi connectivity index (χ2n) is 8.89. The number of nitrogens with zero attached hydrogens (tertiary/aromatic N) is 2. The van der Waals surface area contributed by atoms with E-state index in [1.54, 1.807) is 12.1 Å². The van der Waals surface area contributed by atoms with Gasteiger partial charge in [-0.15, -0.1) is 0 Å². The van der Waals surface area contributed by atoms with Crippen molar-refractivity contribution in [3.63, 3.8) is 0 Å². The lowest BCUT2D eigenvalue weighted by molar-refractivity contribution is -0.112. The number of allylic oxidation sites excluding steroid dienone is 1. The van der Waals surface area contributed by atoms with Crippen molar-refractivity contribution in [1.29, 1.82) is 5.26 Å². The number of carbonyl (C=O) groups excluding carboxylic acids is 1. The zero-order chi connectivity index (χ0) is 23.6. The van der Waals surface area contributed by atoms with Crippen molar-refractivity contribution in [2.45, 2.75) is 53.5 Å². The minimum absolute atomic E-state index is 0.145. The zero-order valence-electron chi connectivity index (χ0n) is 19.6. The molecule has 1 N–H and O–H groups in total. The molecule has 0 atom stereocenters. The summed E-state index contributed by atoms with van der Waals surface area (Å²) in [6, 6.07) is 10.8. The largest absolute Gasteiger partial charge is 0.362 e. The molecule has 4 nitrogen and oxygen atoms in total. The van der Waals surface area contributed by atoms with Gasteiger partial charge < -0.3 is 10.2 Å². The molecular weight excluding hydrogens is 401 g/mol. The topological polar surface area (TPSA) is 56.1 Å². The summed E-state index contributed by atoms with van der Waals surface area (Å²) in [7, 11) is 0. The van der Waals surface area contributed by atoms with Gasteiger partial charge in [-0.1, -0.05) is 25.1 Å². The molecule has 5 heteroatoms. The Kier molecular flexibility index (Phi) is 6.55. The van der Waals surface area contributed by atoms with E-state index in [0.29, 0.717) is 5.69 Å². The van der Waals surface area contributed by atoms with Crippen LogP contribution < -0.4 is 10.2 Å². The molecule has 2 aromatic carbocycles. The minimum Gasteiger partial charge on any atom is -0.362 e. The van der Waals surface area contributed by atoms with E-state index in [1.807, 2.05) is 39.0 Å². The molecule has 1 aliphatic heterocycles. The molecule has 0 radical (unpaired) electrons. The van der Waals surface area contributed by atoms with E-state index in [0.717, 1.165) is 40.9 Å². The number of nitriles is 1. The summed E-state index contributed by atoms with van der Waals surface area (Å²) >= 11 is 0. The molecule has 166 valence electrons. The Bertz CT molecular complexity index is 1170. The monoisotopic (exact) mass is 431 g/mol. The Balaban J connectivity index is 2.01. The van der Waals surface area contributed by atoms with Gasteiger partial charge in [0.15, 0.2) is 0 Å². The fraction of sp³-hybridized carbons (Fsp3) is 0.333. The number of carbonyl (C=O) groups is 1. The lowest BCUT2D eigenvalue weighted by Crippen LogP contribution is -2.45. The highest BCUT2D eigenvalue weighted by atomic mass is 19.1. The Hall–Kier alpha value is -3.39. The van der Waals surface area contributed by atoms with Crippen LogP contribution in [-0.4, -0.2) is 18.0 Å². The number of amides is 1. The van der Waals surface area contributed by atoms with Crippen LogP contribution in [0.5, 0.6) is 0 Å². The highest BCUT2D eigenvalue weighted by Gasteiger charge is 2.31. The maximum atomic E-state index is 15.1. The smallest absolute Gasteiger partial charge is 0.266 e. The third-order valence-electron chi connectivity index (χ3n) is 6.06. The first-order valence-corrected chi connectivity index (χ1v) is 10.9. The molecule has 3 rings (SSSR count). The predicted molar refractivity (Wildman–Crippen MR) is 130 cm³/mol. The van der Waals surface area contributed by atoms with Crippen molar-refractivity contribution in [2.24, 2.45) is 0 Å². The molecule has 1 amide bonds. The van der Waals surface area contributed by atoms with Crippen molar-refractivity contribution in [2.75, 3.05) is 16.8 Å². The zero-order valence-corrected chi connectivity index (χ0v) is 19.6.